The Kier molecular flexibility index (Phi) is 5.41. The summed E-state index contributed by atoms with van der Waals surface area (Å²) in [5.41, 5.74) is 2.24. The Balaban J connectivity index is 1.80. The van der Waals surface area contributed by atoms with Crippen molar-refractivity contribution in [3.05, 3.63) is 45.7 Å². The number of hydrogen-bond acceptors (Lipinski definition) is 4. The average molecular weight is 392 g/mol. The minimum atomic E-state index is -1.08. The number of carbonyl (C=O) groups is 2. The van der Waals surface area contributed by atoms with E-state index in [9.17, 15) is 19.8 Å². The summed E-state index contributed by atoms with van der Waals surface area (Å²) in [6, 6.07) is 4.67. The van der Waals surface area contributed by atoms with Gasteiger partial charge in [-0.3, -0.25) is 9.48 Å². The fourth-order valence-corrected chi connectivity index (χ4v) is 3.52. The smallest absolute Gasteiger partial charge is 0.356 e. The number of amides is 1. The molecular weight excluding hydrogens is 370 g/mol. The minimum absolute atomic E-state index is 0.0239. The van der Waals surface area contributed by atoms with E-state index < -0.39 is 5.97 Å². The van der Waals surface area contributed by atoms with Gasteiger partial charge in [0.25, 0.3) is 0 Å². The molecule has 0 saturated carbocycles. The predicted molar refractivity (Wildman–Crippen MR) is 100.0 cm³/mol. The van der Waals surface area contributed by atoms with Crippen LogP contribution in [0.2, 0.25) is 5.02 Å². The van der Waals surface area contributed by atoms with Crippen molar-refractivity contribution in [3.8, 4) is 5.75 Å². The number of nitrogens with zero attached hydrogens (tertiary/aromatic N) is 3. The molecule has 3 rings (SSSR count). The van der Waals surface area contributed by atoms with Gasteiger partial charge in [0, 0.05) is 37.3 Å². The maximum Gasteiger partial charge on any atom is 0.356 e. The highest BCUT2D eigenvalue weighted by atomic mass is 35.5. The first kappa shape index (κ1) is 19.2. The van der Waals surface area contributed by atoms with Crippen LogP contribution in [-0.2, 0) is 30.7 Å². The number of hydrogen-bond donors (Lipinski definition) is 2. The topological polar surface area (TPSA) is 95.7 Å². The van der Waals surface area contributed by atoms with Gasteiger partial charge in [0.05, 0.1) is 11.4 Å². The number of phenols is 1. The lowest BCUT2D eigenvalue weighted by Crippen LogP contribution is -2.37. The molecule has 0 fully saturated rings. The molecule has 0 aliphatic carbocycles. The van der Waals surface area contributed by atoms with Crippen molar-refractivity contribution in [2.24, 2.45) is 5.92 Å². The van der Waals surface area contributed by atoms with Crippen LogP contribution < -0.4 is 0 Å². The Labute approximate surface area is 162 Å². The first-order chi connectivity index (χ1) is 12.8. The fraction of sp³-hybridized carbons (Fsp3) is 0.421. The Morgan fingerprint density at radius 3 is 2.70 bits per heavy atom. The summed E-state index contributed by atoms with van der Waals surface area (Å²) < 4.78 is 1.77. The van der Waals surface area contributed by atoms with Gasteiger partial charge >= 0.3 is 5.97 Å². The van der Waals surface area contributed by atoms with Crippen LogP contribution >= 0.6 is 11.6 Å². The van der Waals surface area contributed by atoms with E-state index in [1.54, 1.807) is 21.7 Å². The number of rotatable bonds is 5. The zero-order chi connectivity index (χ0) is 19.7. The number of carboxylic acid groups (broad SMARTS) is 1. The normalized spacial score (nSPS) is 13.7. The lowest BCUT2D eigenvalue weighted by atomic mass is 10.0. The number of aromatic carboxylic acids is 1. The molecular formula is C19H22ClN3O4. The second-order valence-electron chi connectivity index (χ2n) is 7.18. The van der Waals surface area contributed by atoms with Crippen molar-refractivity contribution >= 4 is 23.5 Å². The van der Waals surface area contributed by atoms with E-state index in [0.717, 1.165) is 5.69 Å². The van der Waals surface area contributed by atoms with Gasteiger partial charge in [0.1, 0.15) is 5.75 Å². The van der Waals surface area contributed by atoms with Crippen LogP contribution in [0.1, 0.15) is 41.2 Å². The number of phenolic OH excluding ortho intramolecular Hbond substituents is 1. The third-order valence-corrected chi connectivity index (χ3v) is 4.90. The molecule has 0 atom stereocenters. The zero-order valence-electron chi connectivity index (χ0n) is 15.3. The molecule has 2 aromatic rings. The average Bonchev–Trinajstić information content (AvgIpc) is 2.95. The molecule has 0 saturated heterocycles. The third kappa shape index (κ3) is 4.08. The van der Waals surface area contributed by atoms with E-state index in [1.807, 2.05) is 0 Å². The van der Waals surface area contributed by atoms with Crippen LogP contribution in [0.25, 0.3) is 0 Å². The number of halogens is 1. The van der Waals surface area contributed by atoms with Crippen molar-refractivity contribution in [1.82, 2.24) is 14.7 Å². The third-order valence-electron chi connectivity index (χ3n) is 4.59. The molecule has 0 unspecified atom stereocenters. The summed E-state index contributed by atoms with van der Waals surface area (Å²) in [5.74, 6) is -0.877. The highest BCUT2D eigenvalue weighted by Crippen LogP contribution is 2.26. The van der Waals surface area contributed by atoms with Gasteiger partial charge < -0.3 is 15.1 Å². The van der Waals surface area contributed by atoms with E-state index in [2.05, 4.69) is 18.9 Å². The maximum absolute atomic E-state index is 12.7. The number of aromatic hydroxyl groups is 1. The van der Waals surface area contributed by atoms with Crippen molar-refractivity contribution < 1.29 is 19.8 Å². The molecule has 1 aliphatic rings. The van der Waals surface area contributed by atoms with Gasteiger partial charge in [-0.05, 0) is 23.6 Å². The number of benzene rings is 1. The quantitative estimate of drug-likeness (QED) is 0.817. The number of carbonyl (C=O) groups excluding carboxylic acids is 1. The predicted octanol–water partition coefficient (Wildman–Crippen LogP) is 2.72. The number of aromatic nitrogens is 2. The molecule has 1 aromatic carbocycles. The summed E-state index contributed by atoms with van der Waals surface area (Å²) in [5, 5.41) is 23.4. The van der Waals surface area contributed by atoms with Crippen LogP contribution in [0.4, 0.5) is 0 Å². The van der Waals surface area contributed by atoms with Gasteiger partial charge in [0.2, 0.25) is 5.91 Å². The second kappa shape index (κ2) is 7.60. The second-order valence-corrected chi connectivity index (χ2v) is 7.59. The van der Waals surface area contributed by atoms with Crippen LogP contribution in [0.3, 0.4) is 0 Å². The van der Waals surface area contributed by atoms with Crippen LogP contribution in [0.15, 0.2) is 18.2 Å². The van der Waals surface area contributed by atoms with Crippen molar-refractivity contribution in [3.63, 3.8) is 0 Å². The molecule has 2 N–H and O–H groups in total. The Bertz CT molecular complexity index is 891. The van der Waals surface area contributed by atoms with Crippen LogP contribution in [0.5, 0.6) is 5.75 Å². The molecule has 1 amide bonds. The summed E-state index contributed by atoms with van der Waals surface area (Å²) in [6.45, 7) is 5.50. The molecule has 8 heteroatoms. The van der Waals surface area contributed by atoms with E-state index in [0.29, 0.717) is 36.6 Å². The van der Waals surface area contributed by atoms with E-state index in [-0.39, 0.29) is 35.3 Å². The van der Waals surface area contributed by atoms with Gasteiger partial charge in [-0.2, -0.15) is 5.10 Å². The van der Waals surface area contributed by atoms with Crippen LogP contribution in [0, 0.1) is 5.92 Å². The molecule has 2 heterocycles. The largest absolute Gasteiger partial charge is 0.506 e. The van der Waals surface area contributed by atoms with E-state index in [4.69, 9.17) is 11.6 Å². The Morgan fingerprint density at radius 2 is 2.07 bits per heavy atom. The number of fused-ring (bicyclic) bond motifs is 1. The van der Waals surface area contributed by atoms with Crippen LogP contribution in [-0.4, -0.2) is 43.3 Å². The van der Waals surface area contributed by atoms with E-state index in [1.165, 1.54) is 6.07 Å². The summed E-state index contributed by atoms with van der Waals surface area (Å²) in [4.78, 5) is 25.9. The van der Waals surface area contributed by atoms with Gasteiger partial charge in [0.15, 0.2) is 5.69 Å². The van der Waals surface area contributed by atoms with Crippen molar-refractivity contribution in [2.75, 3.05) is 6.54 Å². The highest BCUT2D eigenvalue weighted by Gasteiger charge is 2.30. The highest BCUT2D eigenvalue weighted by molar-refractivity contribution is 6.32. The molecule has 1 aliphatic heterocycles. The van der Waals surface area contributed by atoms with Gasteiger partial charge in [-0.15, -0.1) is 0 Å². The molecule has 0 bridgehead atoms. The molecule has 144 valence electrons. The molecule has 1 aromatic heterocycles. The SMILES string of the molecule is CC(C)Cn1nc(C(=O)O)c2c1CCN(C(=O)Cc1ccc(O)c(Cl)c1)C2. The Hall–Kier alpha value is -2.54. The Morgan fingerprint density at radius 1 is 1.33 bits per heavy atom. The molecule has 0 radical (unpaired) electrons. The van der Waals surface area contributed by atoms with Gasteiger partial charge in [-0.1, -0.05) is 31.5 Å². The fourth-order valence-electron chi connectivity index (χ4n) is 3.32. The standard InChI is InChI=1S/C19H22ClN3O4/c1-11(2)9-23-15-5-6-22(10-13(15)18(21-23)19(26)27)17(25)8-12-3-4-16(24)14(20)7-12/h3-4,7,11,24H,5-6,8-10H2,1-2H3,(H,26,27). The summed E-state index contributed by atoms with van der Waals surface area (Å²) in [7, 11) is 0. The number of carboxylic acids is 1. The minimum Gasteiger partial charge on any atom is -0.506 e. The van der Waals surface area contributed by atoms with E-state index >= 15 is 0 Å². The van der Waals surface area contributed by atoms with Crippen molar-refractivity contribution in [2.45, 2.75) is 39.8 Å². The first-order valence-electron chi connectivity index (χ1n) is 8.83. The monoisotopic (exact) mass is 391 g/mol. The first-order valence-corrected chi connectivity index (χ1v) is 9.21. The van der Waals surface area contributed by atoms with Crippen molar-refractivity contribution in [1.29, 1.82) is 0 Å². The molecule has 7 nitrogen and oxygen atoms in total. The summed E-state index contributed by atoms with van der Waals surface area (Å²) >= 11 is 5.90. The lowest BCUT2D eigenvalue weighted by Gasteiger charge is -2.28. The zero-order valence-corrected chi connectivity index (χ0v) is 16.0. The van der Waals surface area contributed by atoms with Gasteiger partial charge in [-0.25, -0.2) is 4.79 Å². The summed E-state index contributed by atoms with van der Waals surface area (Å²) in [6.07, 6.45) is 0.711. The molecule has 0 spiro atoms. The lowest BCUT2D eigenvalue weighted by molar-refractivity contribution is -0.131. The maximum atomic E-state index is 12.7. The molecule has 27 heavy (non-hydrogen) atoms.